The second kappa shape index (κ2) is 11.1. The van der Waals surface area contributed by atoms with E-state index in [1.807, 2.05) is 55.5 Å². The Hall–Kier alpha value is -3.35. The van der Waals surface area contributed by atoms with E-state index >= 15 is 0 Å². The van der Waals surface area contributed by atoms with Gasteiger partial charge in [0.2, 0.25) is 0 Å². The van der Waals surface area contributed by atoms with Crippen LogP contribution in [-0.4, -0.2) is 24.8 Å². The third-order valence-corrected chi connectivity index (χ3v) is 6.80. The highest BCUT2D eigenvalue weighted by molar-refractivity contribution is 6.30. The fourth-order valence-corrected chi connectivity index (χ4v) is 4.91. The van der Waals surface area contributed by atoms with Gasteiger partial charge in [-0.1, -0.05) is 60.2 Å². The molecule has 1 aliphatic rings. The monoisotopic (exact) mass is 510 g/mol. The lowest BCUT2D eigenvalue weighted by atomic mass is 9.74. The molecule has 3 aromatic rings. The van der Waals surface area contributed by atoms with Crippen molar-refractivity contribution in [3.8, 4) is 11.5 Å². The number of hydrogen-bond acceptors (Lipinski definition) is 4. The number of para-hydroxylation sites is 1. The van der Waals surface area contributed by atoms with E-state index in [0.29, 0.717) is 17.0 Å². The van der Waals surface area contributed by atoms with Crippen LogP contribution in [0.3, 0.4) is 0 Å². The van der Waals surface area contributed by atoms with Crippen LogP contribution in [0.15, 0.2) is 78.9 Å². The number of ether oxygens (including phenoxy) is 3. The molecule has 1 heterocycles. The molecule has 36 heavy (non-hydrogen) atoms. The van der Waals surface area contributed by atoms with Gasteiger partial charge in [-0.15, -0.1) is 0 Å². The molecule has 0 amide bonds. The molecule has 0 radical (unpaired) electrons. The quantitative estimate of drug-likeness (QED) is 0.326. The molecule has 0 aromatic heterocycles. The van der Waals surface area contributed by atoms with E-state index < -0.39 is 24.5 Å². The predicted molar refractivity (Wildman–Crippen MR) is 136 cm³/mol. The van der Waals surface area contributed by atoms with E-state index in [-0.39, 0.29) is 23.7 Å². The molecule has 7 heteroatoms. The maximum absolute atomic E-state index is 14.8. The van der Waals surface area contributed by atoms with Crippen molar-refractivity contribution in [3.63, 3.8) is 0 Å². The van der Waals surface area contributed by atoms with E-state index in [0.717, 1.165) is 22.4 Å². The fraction of sp³-hybridized carbons (Fsp3) is 0.276. The van der Waals surface area contributed by atoms with Crippen LogP contribution < -0.4 is 9.47 Å². The van der Waals surface area contributed by atoms with Crippen molar-refractivity contribution < 1.29 is 28.5 Å². The van der Waals surface area contributed by atoms with Crippen molar-refractivity contribution in [2.45, 2.75) is 31.5 Å². The zero-order valence-corrected chi connectivity index (χ0v) is 20.9. The van der Waals surface area contributed by atoms with Crippen LogP contribution in [0, 0.1) is 11.7 Å². The zero-order valence-electron chi connectivity index (χ0n) is 20.1. The molecule has 5 nitrogen and oxygen atoms in total. The summed E-state index contributed by atoms with van der Waals surface area (Å²) in [5, 5.41) is 9.75. The van der Waals surface area contributed by atoms with Gasteiger partial charge in [-0.3, -0.25) is 0 Å². The second-order valence-corrected chi connectivity index (χ2v) is 9.37. The van der Waals surface area contributed by atoms with Gasteiger partial charge in [0, 0.05) is 22.4 Å². The van der Waals surface area contributed by atoms with Crippen LogP contribution in [0.2, 0.25) is 5.02 Å². The average Bonchev–Trinajstić information content (AvgIpc) is 2.87. The Morgan fingerprint density at radius 1 is 1.08 bits per heavy atom. The van der Waals surface area contributed by atoms with Crippen molar-refractivity contribution in [3.05, 3.63) is 106 Å². The highest BCUT2D eigenvalue weighted by Gasteiger charge is 2.42. The highest BCUT2D eigenvalue weighted by Crippen LogP contribution is 2.53. The van der Waals surface area contributed by atoms with Crippen LogP contribution in [0.4, 0.5) is 4.39 Å². The van der Waals surface area contributed by atoms with Gasteiger partial charge in [0.05, 0.1) is 19.3 Å². The van der Waals surface area contributed by atoms with Gasteiger partial charge in [0.25, 0.3) is 0 Å². The first-order valence-corrected chi connectivity index (χ1v) is 12.0. The summed E-state index contributed by atoms with van der Waals surface area (Å²) < 4.78 is 32.3. The van der Waals surface area contributed by atoms with Gasteiger partial charge in [0.1, 0.15) is 5.75 Å². The number of benzene rings is 3. The largest absolute Gasteiger partial charge is 0.497 e. The Bertz CT molecular complexity index is 1230. The van der Waals surface area contributed by atoms with Crippen LogP contribution in [0.25, 0.3) is 0 Å². The minimum atomic E-state index is -1.19. The molecule has 1 fully saturated rings. The normalized spacial score (nSPS) is 21.6. The molecule has 3 aromatic carbocycles. The first-order valence-electron chi connectivity index (χ1n) is 11.6. The Morgan fingerprint density at radius 2 is 1.75 bits per heavy atom. The maximum atomic E-state index is 14.8. The van der Waals surface area contributed by atoms with Gasteiger partial charge >= 0.3 is 5.97 Å². The molecular formula is C29H28ClFO5. The highest BCUT2D eigenvalue weighted by atomic mass is 35.5. The number of carbonyl (C=O) groups is 1. The summed E-state index contributed by atoms with van der Waals surface area (Å²) >= 11 is 6.15. The van der Waals surface area contributed by atoms with Crippen LogP contribution in [-0.2, 0) is 9.53 Å². The number of methoxy groups -OCH3 is 1. The van der Waals surface area contributed by atoms with Crippen LogP contribution in [0.1, 0.15) is 48.2 Å². The predicted octanol–water partition coefficient (Wildman–Crippen LogP) is 7.13. The van der Waals surface area contributed by atoms with Crippen molar-refractivity contribution in [1.29, 1.82) is 0 Å². The molecule has 0 bridgehead atoms. The maximum Gasteiger partial charge on any atom is 0.341 e. The van der Waals surface area contributed by atoms with Crippen molar-refractivity contribution in [2.75, 3.05) is 13.7 Å². The molecule has 188 valence electrons. The fourth-order valence-electron chi connectivity index (χ4n) is 4.78. The average molecular weight is 511 g/mol. The number of carboxylic acids is 1. The molecular weight excluding hydrogens is 483 g/mol. The molecule has 0 aliphatic carbocycles. The summed E-state index contributed by atoms with van der Waals surface area (Å²) in [5.74, 6) is -1.43. The van der Waals surface area contributed by atoms with Crippen LogP contribution in [0.5, 0.6) is 11.5 Å². The van der Waals surface area contributed by atoms with Gasteiger partial charge in [0.15, 0.2) is 18.2 Å². The number of halogens is 2. The molecule has 4 atom stereocenters. The van der Waals surface area contributed by atoms with E-state index in [1.165, 1.54) is 6.07 Å². The SMILES string of the molecule is C=C(C)[C@H]1C[C@H](c2ccc(Cl)cc2)[C@H](c2ccc(OC)cc2)O[C@@H]1c1cccc(F)c1OCC(=O)O. The number of hydrogen-bond donors (Lipinski definition) is 1. The van der Waals surface area contributed by atoms with Crippen molar-refractivity contribution in [2.24, 2.45) is 5.92 Å². The summed E-state index contributed by atoms with van der Waals surface area (Å²) in [6.45, 7) is 5.46. The molecule has 4 rings (SSSR count). The Labute approximate surface area is 215 Å². The Balaban J connectivity index is 1.80. The summed E-state index contributed by atoms with van der Waals surface area (Å²) in [6.07, 6.45) is -0.307. The molecule has 0 unspecified atom stereocenters. The van der Waals surface area contributed by atoms with Gasteiger partial charge < -0.3 is 19.3 Å². The lowest BCUT2D eigenvalue weighted by Gasteiger charge is -2.43. The molecule has 0 spiro atoms. The second-order valence-electron chi connectivity index (χ2n) is 8.94. The van der Waals surface area contributed by atoms with E-state index in [4.69, 9.17) is 30.9 Å². The minimum Gasteiger partial charge on any atom is -0.497 e. The Kier molecular flexibility index (Phi) is 7.97. The number of aliphatic carboxylic acids is 1. The first kappa shape index (κ1) is 25.7. The molecule has 0 saturated carbocycles. The number of rotatable bonds is 8. The van der Waals surface area contributed by atoms with Gasteiger partial charge in [-0.2, -0.15) is 0 Å². The Morgan fingerprint density at radius 3 is 2.36 bits per heavy atom. The summed E-state index contributed by atoms with van der Waals surface area (Å²) in [4.78, 5) is 11.1. The summed E-state index contributed by atoms with van der Waals surface area (Å²) in [7, 11) is 1.61. The summed E-state index contributed by atoms with van der Waals surface area (Å²) in [6, 6.07) is 19.9. The van der Waals surface area contributed by atoms with Crippen molar-refractivity contribution in [1.82, 2.24) is 0 Å². The minimum absolute atomic E-state index is 0.0365. The van der Waals surface area contributed by atoms with Crippen molar-refractivity contribution >= 4 is 17.6 Å². The topological polar surface area (TPSA) is 65.0 Å². The van der Waals surface area contributed by atoms with Crippen LogP contribution >= 0.6 is 11.6 Å². The van der Waals surface area contributed by atoms with E-state index in [9.17, 15) is 9.18 Å². The molecule has 1 N–H and O–H groups in total. The van der Waals surface area contributed by atoms with Gasteiger partial charge in [-0.25, -0.2) is 9.18 Å². The zero-order chi connectivity index (χ0) is 25.8. The summed E-state index contributed by atoms with van der Waals surface area (Å²) in [5.41, 5.74) is 3.33. The van der Waals surface area contributed by atoms with Gasteiger partial charge in [-0.05, 0) is 54.8 Å². The standard InChI is InChI=1S/C29H28ClFO5/c1-17(2)23-15-24(18-7-11-20(30)12-8-18)27(19-9-13-21(34-3)14-10-19)36-28(23)22-5-4-6-25(31)29(22)35-16-26(32)33/h4-14,23-24,27-28H,1,15-16H2,2-3H3,(H,32,33)/t23-,24-,27+,28-/m1/s1. The lowest BCUT2D eigenvalue weighted by Crippen LogP contribution is -2.32. The smallest absolute Gasteiger partial charge is 0.341 e. The third-order valence-electron chi connectivity index (χ3n) is 6.55. The number of carboxylic acid groups (broad SMARTS) is 1. The first-order chi connectivity index (χ1) is 17.3. The van der Waals surface area contributed by atoms with E-state index in [1.54, 1.807) is 19.2 Å². The van der Waals surface area contributed by atoms with E-state index in [2.05, 4.69) is 6.58 Å². The lowest BCUT2D eigenvalue weighted by molar-refractivity contribution is -0.139. The molecule has 1 aliphatic heterocycles. The molecule has 1 saturated heterocycles. The third kappa shape index (κ3) is 5.55.